The molecule has 5 aliphatic rings. The number of rotatable bonds is 2. The maximum Gasteiger partial charge on any atom is 0.405 e. The molecule has 0 aromatic carbocycles. The van der Waals surface area contributed by atoms with Gasteiger partial charge in [-0.25, -0.2) is 0 Å². The second-order valence-electron chi connectivity index (χ2n) is 15.7. The highest BCUT2D eigenvalue weighted by Gasteiger charge is 2.70. The van der Waals surface area contributed by atoms with E-state index in [2.05, 4.69) is 46.0 Å². The van der Waals surface area contributed by atoms with Crippen LogP contribution in [0.2, 0.25) is 0 Å². The number of amides is 1. The van der Waals surface area contributed by atoms with E-state index in [1.165, 1.54) is 0 Å². The first-order valence-corrected chi connectivity index (χ1v) is 16.0. The zero-order valence-corrected chi connectivity index (χ0v) is 27.3. The molecular formula is C35H49F3N2O3. The van der Waals surface area contributed by atoms with Gasteiger partial charge in [0, 0.05) is 16.7 Å². The monoisotopic (exact) mass is 602 g/mol. The Morgan fingerprint density at radius 3 is 2.19 bits per heavy atom. The molecule has 3 saturated carbocycles. The Balaban J connectivity index is 0.00000207. The van der Waals surface area contributed by atoms with Crippen LogP contribution in [0.1, 0.15) is 107 Å². The molecule has 0 aliphatic heterocycles. The van der Waals surface area contributed by atoms with Crippen LogP contribution < -0.4 is 5.32 Å². The summed E-state index contributed by atoms with van der Waals surface area (Å²) in [5, 5.41) is 12.1. The van der Waals surface area contributed by atoms with Gasteiger partial charge in [-0.3, -0.25) is 14.4 Å². The van der Waals surface area contributed by atoms with Crippen molar-refractivity contribution in [1.29, 1.82) is 5.26 Å². The molecule has 0 heterocycles. The average Bonchev–Trinajstić information content (AvgIpc) is 2.91. The fourth-order valence-electron chi connectivity index (χ4n) is 10.4. The average molecular weight is 603 g/mol. The van der Waals surface area contributed by atoms with Gasteiger partial charge in [0.15, 0.2) is 11.6 Å². The van der Waals surface area contributed by atoms with Crippen molar-refractivity contribution < 1.29 is 27.6 Å². The lowest BCUT2D eigenvalue weighted by molar-refractivity contribution is -0.181. The van der Waals surface area contributed by atoms with Gasteiger partial charge in [0.1, 0.15) is 12.6 Å². The van der Waals surface area contributed by atoms with Crippen molar-refractivity contribution >= 4 is 17.5 Å². The van der Waals surface area contributed by atoms with Crippen molar-refractivity contribution in [3.8, 4) is 6.07 Å². The largest absolute Gasteiger partial charge is 0.405 e. The van der Waals surface area contributed by atoms with Crippen molar-refractivity contribution in [2.75, 3.05) is 6.54 Å². The highest BCUT2D eigenvalue weighted by Crippen LogP contribution is 2.74. The van der Waals surface area contributed by atoms with Gasteiger partial charge in [0.2, 0.25) is 5.91 Å². The summed E-state index contributed by atoms with van der Waals surface area (Å²) in [6.07, 6.45) is 3.30. The molecule has 7 atom stereocenters. The molecule has 8 heteroatoms. The predicted molar refractivity (Wildman–Crippen MR) is 159 cm³/mol. The number of nitriles is 1. The van der Waals surface area contributed by atoms with Crippen molar-refractivity contribution in [3.05, 3.63) is 23.3 Å². The van der Waals surface area contributed by atoms with E-state index in [-0.39, 0.29) is 34.4 Å². The van der Waals surface area contributed by atoms with Gasteiger partial charge in [-0.05, 0) is 79.1 Å². The molecule has 0 bridgehead atoms. The van der Waals surface area contributed by atoms with Crippen LogP contribution in [-0.4, -0.2) is 30.2 Å². The smallest absolute Gasteiger partial charge is 0.346 e. The highest BCUT2D eigenvalue weighted by atomic mass is 19.4. The Morgan fingerprint density at radius 2 is 1.60 bits per heavy atom. The molecule has 0 aromatic rings. The fourth-order valence-corrected chi connectivity index (χ4v) is 10.4. The number of hydrogen-bond donors (Lipinski definition) is 1. The van der Waals surface area contributed by atoms with E-state index in [9.17, 15) is 32.8 Å². The summed E-state index contributed by atoms with van der Waals surface area (Å²) >= 11 is 0. The van der Waals surface area contributed by atoms with Crippen molar-refractivity contribution in [2.24, 2.45) is 50.2 Å². The van der Waals surface area contributed by atoms with E-state index in [0.29, 0.717) is 32.1 Å². The van der Waals surface area contributed by atoms with Crippen molar-refractivity contribution in [3.63, 3.8) is 0 Å². The van der Waals surface area contributed by atoms with E-state index in [0.717, 1.165) is 18.4 Å². The number of allylic oxidation sites excluding steroid dienone is 4. The van der Waals surface area contributed by atoms with Gasteiger partial charge >= 0.3 is 6.18 Å². The quantitative estimate of drug-likeness (QED) is 0.348. The molecule has 43 heavy (non-hydrogen) atoms. The number of carbonyl (C=O) groups is 3. The molecule has 0 aromatic heterocycles. The van der Waals surface area contributed by atoms with Crippen LogP contribution in [-0.2, 0) is 14.4 Å². The van der Waals surface area contributed by atoms with Gasteiger partial charge in [0.25, 0.3) is 0 Å². The Kier molecular flexibility index (Phi) is 8.02. The minimum atomic E-state index is -4.51. The Morgan fingerprint density at radius 1 is 1.00 bits per heavy atom. The molecule has 1 N–H and O–H groups in total. The van der Waals surface area contributed by atoms with Crippen LogP contribution in [0.4, 0.5) is 13.2 Å². The summed E-state index contributed by atoms with van der Waals surface area (Å²) in [5.74, 6) is -1.75. The van der Waals surface area contributed by atoms with Crippen molar-refractivity contribution in [2.45, 2.75) is 113 Å². The second kappa shape index (κ2) is 10.3. The first-order chi connectivity index (χ1) is 19.7. The summed E-state index contributed by atoms with van der Waals surface area (Å²) in [6.45, 7) is 17.1. The van der Waals surface area contributed by atoms with E-state index in [1.807, 2.05) is 27.7 Å². The molecule has 1 amide bonds. The van der Waals surface area contributed by atoms with Gasteiger partial charge in [0.05, 0.1) is 11.0 Å². The van der Waals surface area contributed by atoms with Gasteiger partial charge in [-0.2, -0.15) is 18.4 Å². The number of halogens is 3. The highest BCUT2D eigenvalue weighted by molar-refractivity contribution is 6.04. The molecule has 0 saturated heterocycles. The van der Waals surface area contributed by atoms with Gasteiger partial charge in [-0.1, -0.05) is 74.0 Å². The van der Waals surface area contributed by atoms with Crippen molar-refractivity contribution in [1.82, 2.24) is 5.32 Å². The fraction of sp³-hybridized carbons (Fsp3) is 0.771. The number of ketones is 2. The summed E-state index contributed by atoms with van der Waals surface area (Å²) < 4.78 is 39.4. The predicted octanol–water partition coefficient (Wildman–Crippen LogP) is 7.91. The molecule has 5 nitrogen and oxygen atoms in total. The van der Waals surface area contributed by atoms with Crippen LogP contribution in [0.15, 0.2) is 23.3 Å². The number of hydrogen-bond acceptors (Lipinski definition) is 4. The molecular weight excluding hydrogens is 553 g/mol. The van der Waals surface area contributed by atoms with Gasteiger partial charge in [-0.15, -0.1) is 0 Å². The number of carbonyl (C=O) groups excluding carboxylic acids is 3. The molecule has 3 fully saturated rings. The van der Waals surface area contributed by atoms with Crippen LogP contribution >= 0.6 is 0 Å². The maximum atomic E-state index is 14.4. The molecule has 0 spiro atoms. The van der Waals surface area contributed by atoms with E-state index < -0.39 is 51.6 Å². The molecule has 3 unspecified atom stereocenters. The third-order valence-electron chi connectivity index (χ3n) is 12.8. The number of nitrogens with one attached hydrogen (secondary N) is 1. The maximum absolute atomic E-state index is 14.4. The standard InChI is InChI=1S/C33H43F3N2O3.C2H6/c1-27(2)10-12-32(26(41)38-18-33(34,35)36)13-11-31(7)24(20(32)16-27)21(39)14-23-29(5)15-19(17-37)25(40)28(3,4)22(29)8-9-30(23,31)6;1-2/h14-15,20,22,24H,8-13,16,18H2,1-7H3,(H,38,41);1-2H3/t20?,22?,24?,29-,30+,31+,32-;/m0./s1. The summed E-state index contributed by atoms with van der Waals surface area (Å²) in [5.41, 5.74) is -2.47. The summed E-state index contributed by atoms with van der Waals surface area (Å²) in [4.78, 5) is 41.3. The second-order valence-corrected chi connectivity index (χ2v) is 15.7. The zero-order valence-electron chi connectivity index (χ0n) is 27.3. The normalized spacial score (nSPS) is 41.0. The Bertz CT molecular complexity index is 1320. The summed E-state index contributed by atoms with van der Waals surface area (Å²) in [6, 6.07) is 2.11. The topological polar surface area (TPSA) is 87.0 Å². The SMILES string of the molecule is CC.CC1(C)CC[C@]2(C(=O)NCC(F)(F)F)CC[C@]3(C)C(C(=O)C=C4[C@@]5(C)C=C(C#N)C(=O)C(C)(C)C5CC[C@]43C)C2C1. The van der Waals surface area contributed by atoms with E-state index in [1.54, 1.807) is 12.2 Å². The first-order valence-electron chi connectivity index (χ1n) is 16.0. The van der Waals surface area contributed by atoms with Crippen LogP contribution in [0.5, 0.6) is 0 Å². The van der Waals surface area contributed by atoms with Crippen LogP contribution in [0.3, 0.4) is 0 Å². The molecule has 238 valence electrons. The molecule has 0 radical (unpaired) electrons. The number of Topliss-reactive ketones (excluding diaryl/α,β-unsaturated/α-hetero) is 1. The number of alkyl halides is 3. The Labute approximate surface area is 255 Å². The lowest BCUT2D eigenvalue weighted by Crippen LogP contribution is -2.66. The number of nitrogens with zero attached hydrogens (tertiary/aromatic N) is 1. The number of fused-ring (bicyclic) bond motifs is 7. The van der Waals surface area contributed by atoms with Gasteiger partial charge < -0.3 is 5.32 Å². The summed E-state index contributed by atoms with van der Waals surface area (Å²) in [7, 11) is 0. The lowest BCUT2D eigenvalue weighted by atomic mass is 9.34. The van der Waals surface area contributed by atoms with E-state index in [4.69, 9.17) is 0 Å². The Hall–Kier alpha value is -2.43. The van der Waals surface area contributed by atoms with Crippen LogP contribution in [0, 0.1) is 61.6 Å². The molecule has 5 rings (SSSR count). The zero-order chi connectivity index (χ0) is 32.6. The first kappa shape index (κ1) is 33.5. The third-order valence-corrected chi connectivity index (χ3v) is 12.8. The minimum absolute atomic E-state index is 0.0705. The lowest BCUT2D eigenvalue weighted by Gasteiger charge is -2.69. The minimum Gasteiger partial charge on any atom is -0.346 e. The van der Waals surface area contributed by atoms with Crippen LogP contribution in [0.25, 0.3) is 0 Å². The third kappa shape index (κ3) is 4.74. The molecule has 5 aliphatic carbocycles. The van der Waals surface area contributed by atoms with E-state index >= 15 is 0 Å².